The van der Waals surface area contributed by atoms with Gasteiger partial charge in [-0.15, -0.1) is 0 Å². The molecule has 0 saturated carbocycles. The summed E-state index contributed by atoms with van der Waals surface area (Å²) >= 11 is 0. The molecule has 1 heterocycles. The average molecular weight is 392 g/mol. The lowest BCUT2D eigenvalue weighted by atomic mass is 10.1. The smallest absolute Gasteiger partial charge is 0.271 e. The molecule has 1 aliphatic rings. The molecule has 0 spiro atoms. The van der Waals surface area contributed by atoms with Gasteiger partial charge in [0.1, 0.15) is 12.7 Å². The molecule has 1 atom stereocenters. The van der Waals surface area contributed by atoms with Crippen molar-refractivity contribution in [1.82, 2.24) is 4.31 Å². The number of sulfonamides is 1. The normalized spacial score (nSPS) is 16.4. The molecule has 0 radical (unpaired) electrons. The topological polar surface area (TPSA) is 99.0 Å². The summed E-state index contributed by atoms with van der Waals surface area (Å²) in [4.78, 5) is 10.4. The second kappa shape index (κ2) is 7.16. The minimum Gasteiger partial charge on any atom is -0.486 e. The number of non-ortho nitro benzene ring substituents is 1. The van der Waals surface area contributed by atoms with Crippen molar-refractivity contribution in [2.24, 2.45) is 0 Å². The summed E-state index contributed by atoms with van der Waals surface area (Å²) in [5, 5.41) is 11.1. The van der Waals surface area contributed by atoms with Crippen LogP contribution in [0.4, 0.5) is 5.69 Å². The Kier molecular flexibility index (Phi) is 5.07. The minimum atomic E-state index is -3.93. The number of nitro benzene ring substituents is 1. The maximum absolute atomic E-state index is 13.0. The number of likely N-dealkylation sites (N-methyl/N-ethyl adjacent to an activating group) is 1. The molecule has 2 aromatic rings. The number of nitro groups is 1. The van der Waals surface area contributed by atoms with Gasteiger partial charge in [-0.3, -0.25) is 10.1 Å². The number of ether oxygens (including phenoxy) is 2. The molecule has 2 aromatic carbocycles. The summed E-state index contributed by atoms with van der Waals surface area (Å²) in [6.45, 7) is 3.55. The molecule has 1 aliphatic heterocycles. The highest BCUT2D eigenvalue weighted by molar-refractivity contribution is 7.89. The Labute approximate surface area is 157 Å². The van der Waals surface area contributed by atoms with Crippen LogP contribution < -0.4 is 9.47 Å². The van der Waals surface area contributed by atoms with Crippen molar-refractivity contribution >= 4 is 15.7 Å². The van der Waals surface area contributed by atoms with Gasteiger partial charge in [-0.25, -0.2) is 8.42 Å². The van der Waals surface area contributed by atoms with Crippen molar-refractivity contribution < 1.29 is 22.8 Å². The third-order valence-electron chi connectivity index (χ3n) is 4.53. The molecule has 9 heteroatoms. The highest BCUT2D eigenvalue weighted by atomic mass is 32.2. The van der Waals surface area contributed by atoms with Crippen LogP contribution >= 0.6 is 0 Å². The van der Waals surface area contributed by atoms with Crippen molar-refractivity contribution in [2.45, 2.75) is 24.8 Å². The summed E-state index contributed by atoms with van der Waals surface area (Å²) in [6.07, 6.45) is -0.486. The van der Waals surface area contributed by atoms with Crippen molar-refractivity contribution in [3.63, 3.8) is 0 Å². The Hall–Kier alpha value is -2.65. The van der Waals surface area contributed by atoms with E-state index in [-0.39, 0.29) is 23.7 Å². The summed E-state index contributed by atoms with van der Waals surface area (Å²) in [7, 11) is -2.51. The van der Waals surface area contributed by atoms with Crippen molar-refractivity contribution in [1.29, 1.82) is 0 Å². The van der Waals surface area contributed by atoms with E-state index in [1.165, 1.54) is 13.1 Å². The lowest BCUT2D eigenvalue weighted by Crippen LogP contribution is -2.41. The zero-order valence-corrected chi connectivity index (χ0v) is 16.0. The Morgan fingerprint density at radius 1 is 1.22 bits per heavy atom. The van der Waals surface area contributed by atoms with Crippen LogP contribution in [0.3, 0.4) is 0 Å². The first-order valence-corrected chi connectivity index (χ1v) is 9.74. The largest absolute Gasteiger partial charge is 0.486 e. The molecule has 8 nitrogen and oxygen atoms in total. The van der Waals surface area contributed by atoms with E-state index < -0.39 is 21.1 Å². The summed E-state index contributed by atoms with van der Waals surface area (Å²) in [5.74, 6) is 1.17. The van der Waals surface area contributed by atoms with E-state index in [1.807, 2.05) is 6.07 Å². The van der Waals surface area contributed by atoms with Crippen LogP contribution in [-0.2, 0) is 10.0 Å². The van der Waals surface area contributed by atoms with Crippen LogP contribution in [0.2, 0.25) is 0 Å². The number of nitrogens with zero attached hydrogens (tertiary/aromatic N) is 2. The highest BCUT2D eigenvalue weighted by Gasteiger charge is 2.30. The Balaban J connectivity index is 1.84. The van der Waals surface area contributed by atoms with E-state index in [9.17, 15) is 18.5 Å². The molecule has 0 bridgehead atoms. The lowest BCUT2D eigenvalue weighted by molar-refractivity contribution is -0.385. The zero-order valence-electron chi connectivity index (χ0n) is 15.2. The maximum Gasteiger partial charge on any atom is 0.271 e. The van der Waals surface area contributed by atoms with Crippen LogP contribution in [0.25, 0.3) is 0 Å². The van der Waals surface area contributed by atoms with E-state index in [2.05, 4.69) is 0 Å². The first-order valence-electron chi connectivity index (χ1n) is 8.30. The fourth-order valence-electron chi connectivity index (χ4n) is 2.89. The van der Waals surface area contributed by atoms with Gasteiger partial charge in [-0.05, 0) is 37.1 Å². The summed E-state index contributed by atoms with van der Waals surface area (Å²) in [6, 6.07) is 9.63. The predicted octanol–water partition coefficient (Wildman–Crippen LogP) is 2.67. The number of rotatable bonds is 5. The van der Waals surface area contributed by atoms with Gasteiger partial charge in [0.05, 0.1) is 16.4 Å². The number of hydrogen-bond donors (Lipinski definition) is 0. The van der Waals surface area contributed by atoms with Gasteiger partial charge in [0.2, 0.25) is 10.0 Å². The molecule has 0 aromatic heterocycles. The van der Waals surface area contributed by atoms with Crippen molar-refractivity contribution in [2.75, 3.05) is 20.2 Å². The first-order chi connectivity index (χ1) is 12.7. The van der Waals surface area contributed by atoms with E-state index >= 15 is 0 Å². The second-order valence-electron chi connectivity index (χ2n) is 6.43. The minimum absolute atomic E-state index is 0.0534. The quantitative estimate of drug-likeness (QED) is 0.573. The number of benzene rings is 2. The maximum atomic E-state index is 13.0. The summed E-state index contributed by atoms with van der Waals surface area (Å²) in [5.41, 5.74) is 0.775. The van der Waals surface area contributed by atoms with Crippen LogP contribution in [0, 0.1) is 24.0 Å². The van der Waals surface area contributed by atoms with Gasteiger partial charge < -0.3 is 9.47 Å². The monoisotopic (exact) mass is 392 g/mol. The van der Waals surface area contributed by atoms with E-state index in [1.54, 1.807) is 32.0 Å². The Morgan fingerprint density at radius 3 is 2.56 bits per heavy atom. The van der Waals surface area contributed by atoms with Gasteiger partial charge >= 0.3 is 0 Å². The van der Waals surface area contributed by atoms with Gasteiger partial charge in [0, 0.05) is 19.2 Å². The van der Waals surface area contributed by atoms with E-state index in [0.29, 0.717) is 22.6 Å². The van der Waals surface area contributed by atoms with Gasteiger partial charge in [0.25, 0.3) is 5.69 Å². The third kappa shape index (κ3) is 3.74. The fourth-order valence-corrected chi connectivity index (χ4v) is 4.40. The molecule has 0 saturated heterocycles. The molecule has 0 N–H and O–H groups in total. The Bertz CT molecular complexity index is 989. The van der Waals surface area contributed by atoms with Crippen LogP contribution in [0.5, 0.6) is 11.5 Å². The van der Waals surface area contributed by atoms with Gasteiger partial charge in [-0.2, -0.15) is 4.31 Å². The lowest BCUT2D eigenvalue weighted by Gasteiger charge is -2.29. The molecule has 0 amide bonds. The first kappa shape index (κ1) is 19.1. The molecule has 0 aliphatic carbocycles. The summed E-state index contributed by atoms with van der Waals surface area (Å²) < 4.78 is 38.6. The molecular formula is C18H20N2O6S. The average Bonchev–Trinajstić information content (AvgIpc) is 2.63. The molecule has 0 unspecified atom stereocenters. The van der Waals surface area contributed by atoms with Gasteiger partial charge in [-0.1, -0.05) is 12.1 Å². The standard InChI is InChI=1S/C18H20N2O6S/c1-12-8-14(20(21)22)9-18(13(12)2)27(23,24)19(3)10-15-11-25-16-6-4-5-7-17(16)26-15/h4-9,15H,10-11H2,1-3H3/t15-/m0/s1. The number of hydrogen-bond acceptors (Lipinski definition) is 6. The zero-order chi connectivity index (χ0) is 19.8. The molecule has 144 valence electrons. The Morgan fingerprint density at radius 2 is 1.89 bits per heavy atom. The van der Waals surface area contributed by atoms with Crippen molar-refractivity contribution in [3.8, 4) is 11.5 Å². The number of para-hydroxylation sites is 2. The molecule has 27 heavy (non-hydrogen) atoms. The number of fused-ring (bicyclic) bond motifs is 1. The predicted molar refractivity (Wildman–Crippen MR) is 98.7 cm³/mol. The van der Waals surface area contributed by atoms with E-state index in [4.69, 9.17) is 9.47 Å². The fraction of sp³-hybridized carbons (Fsp3) is 0.333. The number of aryl methyl sites for hydroxylation is 1. The second-order valence-corrected chi connectivity index (χ2v) is 8.44. The van der Waals surface area contributed by atoms with Crippen molar-refractivity contribution in [3.05, 3.63) is 57.6 Å². The van der Waals surface area contributed by atoms with Crippen LogP contribution in [0.1, 0.15) is 11.1 Å². The van der Waals surface area contributed by atoms with Crippen LogP contribution in [-0.4, -0.2) is 43.9 Å². The van der Waals surface area contributed by atoms with Gasteiger partial charge in [0.15, 0.2) is 11.5 Å². The van der Waals surface area contributed by atoms with Crippen LogP contribution in [0.15, 0.2) is 41.3 Å². The molecule has 0 fully saturated rings. The molecule has 3 rings (SSSR count). The SMILES string of the molecule is Cc1cc([N+](=O)[O-])cc(S(=O)(=O)N(C)C[C@H]2COc3ccccc3O2)c1C. The highest BCUT2D eigenvalue weighted by Crippen LogP contribution is 2.32. The molecular weight excluding hydrogens is 372 g/mol. The third-order valence-corrected chi connectivity index (χ3v) is 6.48. The van der Waals surface area contributed by atoms with E-state index in [0.717, 1.165) is 10.4 Å².